The highest BCUT2D eigenvalue weighted by atomic mass is 35.5. The normalized spacial score (nSPS) is 10.8. The fourth-order valence-electron chi connectivity index (χ4n) is 2.53. The minimum atomic E-state index is 0.337. The van der Waals surface area contributed by atoms with Gasteiger partial charge in [-0.2, -0.15) is 0 Å². The molecule has 0 saturated heterocycles. The Labute approximate surface area is 164 Å². The third kappa shape index (κ3) is 4.80. The van der Waals surface area contributed by atoms with Gasteiger partial charge in [0.2, 0.25) is 0 Å². The molecule has 0 bridgehead atoms. The molecule has 4 nitrogen and oxygen atoms in total. The van der Waals surface area contributed by atoms with Gasteiger partial charge in [-0.15, -0.1) is 0 Å². The molecule has 3 aromatic carbocycles. The van der Waals surface area contributed by atoms with Crippen molar-refractivity contribution in [2.75, 3.05) is 14.2 Å². The summed E-state index contributed by atoms with van der Waals surface area (Å²) >= 11 is 6.22. The van der Waals surface area contributed by atoms with Crippen LogP contribution in [-0.2, 0) is 6.61 Å². The van der Waals surface area contributed by atoms with Crippen LogP contribution in [0.3, 0.4) is 0 Å². The number of para-hydroxylation sites is 1. The van der Waals surface area contributed by atoms with Gasteiger partial charge in [-0.05, 0) is 42.5 Å². The van der Waals surface area contributed by atoms with Gasteiger partial charge in [0.05, 0.1) is 19.9 Å². The van der Waals surface area contributed by atoms with Crippen LogP contribution in [0.5, 0.6) is 17.2 Å². The number of methoxy groups -OCH3 is 2. The van der Waals surface area contributed by atoms with E-state index in [9.17, 15) is 0 Å². The first-order chi connectivity index (χ1) is 13.2. The van der Waals surface area contributed by atoms with Crippen LogP contribution >= 0.6 is 11.6 Å². The topological polar surface area (TPSA) is 40.0 Å². The van der Waals surface area contributed by atoms with Crippen molar-refractivity contribution in [3.8, 4) is 17.2 Å². The van der Waals surface area contributed by atoms with Crippen molar-refractivity contribution in [3.05, 3.63) is 82.9 Å². The first-order valence-electron chi connectivity index (χ1n) is 8.42. The summed E-state index contributed by atoms with van der Waals surface area (Å²) in [5, 5.41) is 0.667. The Morgan fingerprint density at radius 2 is 1.67 bits per heavy atom. The first-order valence-corrected chi connectivity index (χ1v) is 8.80. The second-order valence-corrected chi connectivity index (χ2v) is 6.12. The molecule has 0 unspecified atom stereocenters. The van der Waals surface area contributed by atoms with Crippen LogP contribution in [0, 0.1) is 0 Å². The highest BCUT2D eigenvalue weighted by molar-refractivity contribution is 6.31. The maximum atomic E-state index is 6.22. The molecule has 0 fully saturated rings. The molecule has 0 saturated carbocycles. The van der Waals surface area contributed by atoms with Crippen molar-refractivity contribution in [2.45, 2.75) is 6.61 Å². The molecule has 0 spiro atoms. The van der Waals surface area contributed by atoms with E-state index in [1.54, 1.807) is 20.4 Å². The Morgan fingerprint density at radius 3 is 2.37 bits per heavy atom. The van der Waals surface area contributed by atoms with E-state index < -0.39 is 0 Å². The molecule has 0 amide bonds. The lowest BCUT2D eigenvalue weighted by atomic mass is 10.2. The highest BCUT2D eigenvalue weighted by Crippen LogP contribution is 2.32. The molecule has 3 rings (SSSR count). The van der Waals surface area contributed by atoms with Crippen LogP contribution in [0.1, 0.15) is 11.1 Å². The standard InChI is InChI=1S/C22H20ClNO3/c1-25-19-12-10-18(11-13-19)24-14-16-7-5-9-21(26-2)22(16)27-15-17-6-3-4-8-20(17)23/h3-14H,15H2,1-2H3. The molecule has 138 valence electrons. The molecule has 0 aromatic heterocycles. The predicted molar refractivity (Wildman–Crippen MR) is 109 cm³/mol. The average Bonchev–Trinajstić information content (AvgIpc) is 2.72. The number of hydrogen-bond donors (Lipinski definition) is 0. The average molecular weight is 382 g/mol. The van der Waals surface area contributed by atoms with Crippen LogP contribution in [0.25, 0.3) is 0 Å². The predicted octanol–water partition coefficient (Wildman–Crippen LogP) is 5.69. The minimum Gasteiger partial charge on any atom is -0.497 e. The molecule has 0 aliphatic carbocycles. The molecule has 0 aliphatic rings. The van der Waals surface area contributed by atoms with Crippen molar-refractivity contribution < 1.29 is 14.2 Å². The minimum absolute atomic E-state index is 0.337. The summed E-state index contributed by atoms with van der Waals surface area (Å²) < 4.78 is 16.6. The lowest BCUT2D eigenvalue weighted by molar-refractivity contribution is 0.284. The van der Waals surface area contributed by atoms with Crippen molar-refractivity contribution in [2.24, 2.45) is 4.99 Å². The summed E-state index contributed by atoms with van der Waals surface area (Å²) in [5.74, 6) is 2.05. The zero-order valence-corrected chi connectivity index (χ0v) is 15.9. The quantitative estimate of drug-likeness (QED) is 0.494. The van der Waals surface area contributed by atoms with Gasteiger partial charge in [-0.1, -0.05) is 35.9 Å². The second kappa shape index (κ2) is 9.10. The van der Waals surface area contributed by atoms with Gasteiger partial charge in [0, 0.05) is 22.4 Å². The van der Waals surface area contributed by atoms with E-state index >= 15 is 0 Å². The van der Waals surface area contributed by atoms with Crippen LogP contribution in [0.2, 0.25) is 5.02 Å². The van der Waals surface area contributed by atoms with Crippen molar-refractivity contribution in [1.82, 2.24) is 0 Å². The monoisotopic (exact) mass is 381 g/mol. The van der Waals surface area contributed by atoms with Crippen molar-refractivity contribution in [3.63, 3.8) is 0 Å². The summed E-state index contributed by atoms with van der Waals surface area (Å²) in [6.07, 6.45) is 1.76. The Morgan fingerprint density at radius 1 is 0.889 bits per heavy atom. The smallest absolute Gasteiger partial charge is 0.170 e. The molecule has 0 radical (unpaired) electrons. The van der Waals surface area contributed by atoms with Gasteiger partial charge in [-0.25, -0.2) is 0 Å². The molecular formula is C22H20ClNO3. The zero-order chi connectivity index (χ0) is 19.1. The van der Waals surface area contributed by atoms with E-state index in [-0.39, 0.29) is 0 Å². The van der Waals surface area contributed by atoms with E-state index in [4.69, 9.17) is 25.8 Å². The number of benzene rings is 3. The van der Waals surface area contributed by atoms with E-state index in [1.165, 1.54) is 0 Å². The van der Waals surface area contributed by atoms with Crippen molar-refractivity contribution >= 4 is 23.5 Å². The van der Waals surface area contributed by atoms with E-state index in [1.807, 2.05) is 66.7 Å². The van der Waals surface area contributed by atoms with Gasteiger partial charge in [0.25, 0.3) is 0 Å². The summed E-state index contributed by atoms with van der Waals surface area (Å²) in [7, 11) is 3.25. The van der Waals surface area contributed by atoms with Gasteiger partial charge >= 0.3 is 0 Å². The van der Waals surface area contributed by atoms with Crippen LogP contribution < -0.4 is 14.2 Å². The molecular weight excluding hydrogens is 362 g/mol. The van der Waals surface area contributed by atoms with E-state index in [0.29, 0.717) is 23.1 Å². The van der Waals surface area contributed by atoms with Crippen LogP contribution in [0.15, 0.2) is 71.7 Å². The molecule has 0 heterocycles. The van der Waals surface area contributed by atoms with E-state index in [0.717, 1.165) is 22.6 Å². The third-order valence-electron chi connectivity index (χ3n) is 3.98. The first kappa shape index (κ1) is 18.8. The summed E-state index contributed by atoms with van der Waals surface area (Å²) in [6, 6.07) is 20.8. The number of ether oxygens (including phenoxy) is 3. The lowest BCUT2D eigenvalue weighted by Crippen LogP contribution is -2.01. The van der Waals surface area contributed by atoms with Crippen molar-refractivity contribution in [1.29, 1.82) is 0 Å². The Hall–Kier alpha value is -2.98. The number of hydrogen-bond acceptors (Lipinski definition) is 4. The third-order valence-corrected chi connectivity index (χ3v) is 4.35. The lowest BCUT2D eigenvalue weighted by Gasteiger charge is -2.14. The molecule has 0 aliphatic heterocycles. The Bertz CT molecular complexity index is 923. The molecule has 0 atom stereocenters. The zero-order valence-electron chi connectivity index (χ0n) is 15.2. The molecule has 3 aromatic rings. The van der Waals surface area contributed by atoms with Gasteiger partial charge in [0.15, 0.2) is 11.5 Å². The summed E-state index contributed by atoms with van der Waals surface area (Å²) in [6.45, 7) is 0.337. The van der Waals surface area contributed by atoms with E-state index in [2.05, 4.69) is 4.99 Å². The summed E-state index contributed by atoms with van der Waals surface area (Å²) in [4.78, 5) is 4.52. The van der Waals surface area contributed by atoms with Gasteiger partial charge in [-0.3, -0.25) is 4.99 Å². The molecule has 0 N–H and O–H groups in total. The van der Waals surface area contributed by atoms with Crippen LogP contribution in [0.4, 0.5) is 5.69 Å². The highest BCUT2D eigenvalue weighted by Gasteiger charge is 2.10. The number of nitrogens with zero attached hydrogens (tertiary/aromatic N) is 1. The Balaban J connectivity index is 1.84. The fraction of sp³-hybridized carbons (Fsp3) is 0.136. The second-order valence-electron chi connectivity index (χ2n) is 5.71. The van der Waals surface area contributed by atoms with Gasteiger partial charge in [0.1, 0.15) is 12.4 Å². The summed E-state index contributed by atoms with van der Waals surface area (Å²) in [5.41, 5.74) is 2.54. The fourth-order valence-corrected chi connectivity index (χ4v) is 2.72. The maximum Gasteiger partial charge on any atom is 0.170 e. The maximum absolute atomic E-state index is 6.22. The number of halogens is 1. The number of rotatable bonds is 7. The van der Waals surface area contributed by atoms with Gasteiger partial charge < -0.3 is 14.2 Å². The van der Waals surface area contributed by atoms with Crippen LogP contribution in [-0.4, -0.2) is 20.4 Å². The number of aliphatic imine (C=N–C) groups is 1. The Kier molecular flexibility index (Phi) is 6.34. The molecule has 27 heavy (non-hydrogen) atoms. The molecule has 5 heteroatoms. The SMILES string of the molecule is COc1ccc(N=Cc2cccc(OC)c2OCc2ccccc2Cl)cc1. The largest absolute Gasteiger partial charge is 0.497 e.